The summed E-state index contributed by atoms with van der Waals surface area (Å²) < 4.78 is 10.7. The van der Waals surface area contributed by atoms with Crippen LogP contribution in [0.25, 0.3) is 0 Å². The summed E-state index contributed by atoms with van der Waals surface area (Å²) in [5.74, 6) is 1.64. The zero-order valence-electron chi connectivity index (χ0n) is 10.4. The van der Waals surface area contributed by atoms with Crippen LogP contribution in [0.1, 0.15) is 28.8 Å². The molecule has 1 atom stereocenters. The molecule has 94 valence electrons. The van der Waals surface area contributed by atoms with E-state index in [0.29, 0.717) is 10.7 Å². The summed E-state index contributed by atoms with van der Waals surface area (Å²) in [6.07, 6.45) is 2.28. The van der Waals surface area contributed by atoms with E-state index in [2.05, 4.69) is 41.1 Å². The molecule has 1 unspecified atom stereocenters. The summed E-state index contributed by atoms with van der Waals surface area (Å²) in [4.78, 5) is 0.427. The molecule has 2 rings (SSSR count). The lowest BCUT2D eigenvalue weighted by atomic mass is 9.91. The van der Waals surface area contributed by atoms with Crippen molar-refractivity contribution in [2.75, 3.05) is 20.3 Å². The van der Waals surface area contributed by atoms with Crippen molar-refractivity contribution in [2.24, 2.45) is 5.92 Å². The van der Waals surface area contributed by atoms with Crippen molar-refractivity contribution in [1.82, 2.24) is 0 Å². The van der Waals surface area contributed by atoms with E-state index in [9.17, 15) is 0 Å². The third-order valence-corrected chi connectivity index (χ3v) is 4.69. The van der Waals surface area contributed by atoms with E-state index < -0.39 is 0 Å². The summed E-state index contributed by atoms with van der Waals surface area (Å²) in [5, 5.41) is 0. The second-order valence-corrected chi connectivity index (χ2v) is 5.57. The first-order chi connectivity index (χ1) is 8.22. The van der Waals surface area contributed by atoms with Gasteiger partial charge in [0.1, 0.15) is 5.75 Å². The molecule has 1 saturated heterocycles. The minimum absolute atomic E-state index is 0.427. The topological polar surface area (TPSA) is 18.5 Å². The summed E-state index contributed by atoms with van der Waals surface area (Å²) in [6.45, 7) is 3.87. The molecule has 1 aliphatic heterocycles. The molecule has 0 saturated carbocycles. The molecule has 0 radical (unpaired) electrons. The maximum absolute atomic E-state index is 5.41. The molecule has 2 nitrogen and oxygen atoms in total. The van der Waals surface area contributed by atoms with Gasteiger partial charge in [0.05, 0.1) is 7.11 Å². The van der Waals surface area contributed by atoms with E-state index in [1.165, 1.54) is 11.1 Å². The Labute approximate surface area is 111 Å². The number of halogens is 1. The molecule has 1 aromatic carbocycles. The zero-order valence-corrected chi connectivity index (χ0v) is 12.0. The van der Waals surface area contributed by atoms with E-state index >= 15 is 0 Å². The molecule has 17 heavy (non-hydrogen) atoms. The van der Waals surface area contributed by atoms with E-state index in [4.69, 9.17) is 9.47 Å². The number of rotatable bonds is 3. The highest BCUT2D eigenvalue weighted by atomic mass is 79.9. The summed E-state index contributed by atoms with van der Waals surface area (Å²) in [6, 6.07) is 6.42. The normalized spacial score (nSPS) is 19.0. The molecule has 1 heterocycles. The van der Waals surface area contributed by atoms with Gasteiger partial charge in [0, 0.05) is 18.0 Å². The lowest BCUT2D eigenvalue weighted by Gasteiger charge is -2.27. The van der Waals surface area contributed by atoms with Crippen molar-refractivity contribution in [3.8, 4) is 5.75 Å². The van der Waals surface area contributed by atoms with E-state index in [1.807, 2.05) is 0 Å². The standard InChI is InChI=1S/C14H19BrO2/c1-10-9-12(3-4-13(10)16-2)14(15)11-5-7-17-8-6-11/h3-4,9,11,14H,5-8H2,1-2H3. The number of methoxy groups -OCH3 is 1. The minimum atomic E-state index is 0.427. The molecule has 1 aromatic rings. The van der Waals surface area contributed by atoms with Gasteiger partial charge in [0.15, 0.2) is 0 Å². The Hall–Kier alpha value is -0.540. The van der Waals surface area contributed by atoms with E-state index in [1.54, 1.807) is 7.11 Å². The summed E-state index contributed by atoms with van der Waals surface area (Å²) in [5.41, 5.74) is 2.54. The molecule has 0 bridgehead atoms. The van der Waals surface area contributed by atoms with Crippen LogP contribution in [-0.2, 0) is 4.74 Å². The SMILES string of the molecule is COc1ccc(C(Br)C2CCOCC2)cc1C. The molecule has 0 aliphatic carbocycles. The van der Waals surface area contributed by atoms with Crippen LogP contribution in [0.5, 0.6) is 5.75 Å². The fourth-order valence-electron chi connectivity index (χ4n) is 2.35. The third-order valence-electron chi connectivity index (χ3n) is 3.42. The van der Waals surface area contributed by atoms with Crippen LogP contribution >= 0.6 is 15.9 Å². The molecule has 1 aliphatic rings. The number of aryl methyl sites for hydroxylation is 1. The van der Waals surface area contributed by atoms with Crippen molar-refractivity contribution >= 4 is 15.9 Å². The highest BCUT2D eigenvalue weighted by molar-refractivity contribution is 9.09. The molecular weight excluding hydrogens is 280 g/mol. The monoisotopic (exact) mass is 298 g/mol. The largest absolute Gasteiger partial charge is 0.496 e. The molecule has 0 amide bonds. The third kappa shape index (κ3) is 3.02. The van der Waals surface area contributed by atoms with Gasteiger partial charge in [-0.3, -0.25) is 0 Å². The lowest BCUT2D eigenvalue weighted by molar-refractivity contribution is 0.0662. The van der Waals surface area contributed by atoms with Crippen LogP contribution < -0.4 is 4.74 Å². The maximum atomic E-state index is 5.41. The van der Waals surface area contributed by atoms with Crippen LogP contribution in [0.2, 0.25) is 0 Å². The van der Waals surface area contributed by atoms with Gasteiger partial charge >= 0.3 is 0 Å². The quantitative estimate of drug-likeness (QED) is 0.789. The summed E-state index contributed by atoms with van der Waals surface area (Å²) >= 11 is 3.83. The first kappa shape index (κ1) is 12.9. The second kappa shape index (κ2) is 5.87. The molecular formula is C14H19BrO2. The van der Waals surface area contributed by atoms with Gasteiger partial charge in [-0.2, -0.15) is 0 Å². The van der Waals surface area contributed by atoms with Gasteiger partial charge in [-0.1, -0.05) is 28.1 Å². The van der Waals surface area contributed by atoms with Gasteiger partial charge < -0.3 is 9.47 Å². The predicted octanol–water partition coefficient (Wildman–Crippen LogP) is 3.87. The van der Waals surface area contributed by atoms with Crippen molar-refractivity contribution in [1.29, 1.82) is 0 Å². The van der Waals surface area contributed by atoms with Crippen molar-refractivity contribution in [3.63, 3.8) is 0 Å². The zero-order chi connectivity index (χ0) is 12.3. The Morgan fingerprint density at radius 1 is 1.35 bits per heavy atom. The number of ether oxygens (including phenoxy) is 2. The van der Waals surface area contributed by atoms with Crippen molar-refractivity contribution in [3.05, 3.63) is 29.3 Å². The van der Waals surface area contributed by atoms with Gasteiger partial charge in [-0.15, -0.1) is 0 Å². The maximum Gasteiger partial charge on any atom is 0.121 e. The van der Waals surface area contributed by atoms with Crippen LogP contribution in [0.15, 0.2) is 18.2 Å². The summed E-state index contributed by atoms with van der Waals surface area (Å²) in [7, 11) is 1.71. The minimum Gasteiger partial charge on any atom is -0.496 e. The van der Waals surface area contributed by atoms with Crippen LogP contribution in [0, 0.1) is 12.8 Å². The van der Waals surface area contributed by atoms with Gasteiger partial charge in [0.2, 0.25) is 0 Å². The Morgan fingerprint density at radius 2 is 2.06 bits per heavy atom. The van der Waals surface area contributed by atoms with Gasteiger partial charge in [0.25, 0.3) is 0 Å². The van der Waals surface area contributed by atoms with Crippen molar-refractivity contribution < 1.29 is 9.47 Å². The van der Waals surface area contributed by atoms with E-state index in [-0.39, 0.29) is 0 Å². The Balaban J connectivity index is 2.12. The van der Waals surface area contributed by atoms with Gasteiger partial charge in [-0.25, -0.2) is 0 Å². The smallest absolute Gasteiger partial charge is 0.121 e. The van der Waals surface area contributed by atoms with Crippen molar-refractivity contribution in [2.45, 2.75) is 24.6 Å². The predicted molar refractivity (Wildman–Crippen MR) is 72.9 cm³/mol. The number of alkyl halides is 1. The number of hydrogen-bond donors (Lipinski definition) is 0. The Bertz CT molecular complexity index is 372. The van der Waals surface area contributed by atoms with E-state index in [0.717, 1.165) is 31.8 Å². The van der Waals surface area contributed by atoms with Gasteiger partial charge in [-0.05, 0) is 42.9 Å². The highest BCUT2D eigenvalue weighted by Crippen LogP contribution is 2.38. The first-order valence-corrected chi connectivity index (χ1v) is 7.00. The highest BCUT2D eigenvalue weighted by Gasteiger charge is 2.23. The molecule has 0 spiro atoms. The average Bonchev–Trinajstić information content (AvgIpc) is 2.39. The lowest BCUT2D eigenvalue weighted by Crippen LogP contribution is -2.19. The Morgan fingerprint density at radius 3 is 2.65 bits per heavy atom. The molecule has 1 fully saturated rings. The van der Waals surface area contributed by atoms with Crippen LogP contribution in [-0.4, -0.2) is 20.3 Å². The second-order valence-electron chi connectivity index (χ2n) is 4.58. The Kier molecular flexibility index (Phi) is 4.46. The molecule has 3 heteroatoms. The number of hydrogen-bond acceptors (Lipinski definition) is 2. The van der Waals surface area contributed by atoms with Crippen LogP contribution in [0.4, 0.5) is 0 Å². The molecule has 0 N–H and O–H groups in total. The first-order valence-electron chi connectivity index (χ1n) is 6.08. The molecule has 0 aromatic heterocycles. The fraction of sp³-hybridized carbons (Fsp3) is 0.571. The average molecular weight is 299 g/mol. The number of benzene rings is 1. The fourth-order valence-corrected chi connectivity index (χ4v) is 3.17. The van der Waals surface area contributed by atoms with Crippen LogP contribution in [0.3, 0.4) is 0 Å².